The smallest absolute Gasteiger partial charge is 0.123 e. The lowest BCUT2D eigenvalue weighted by molar-refractivity contribution is 0.208. The van der Waals surface area contributed by atoms with Crippen molar-refractivity contribution in [3.8, 4) is 5.75 Å². The van der Waals surface area contributed by atoms with Gasteiger partial charge in [0.2, 0.25) is 0 Å². The molecule has 0 spiro atoms. The zero-order chi connectivity index (χ0) is 11.4. The Hall–Kier alpha value is -1.24. The highest BCUT2D eigenvalue weighted by Crippen LogP contribution is 2.27. The van der Waals surface area contributed by atoms with Crippen LogP contribution in [-0.2, 0) is 6.42 Å². The second-order valence-electron chi connectivity index (χ2n) is 4.63. The average molecular weight is 216 g/mol. The largest absolute Gasteiger partial charge is 0.490 e. The molecule has 1 aromatic rings. The van der Waals surface area contributed by atoms with Gasteiger partial charge in [0.25, 0.3) is 0 Å². The summed E-state index contributed by atoms with van der Waals surface area (Å²) in [5.41, 5.74) is 2.55. The zero-order valence-electron chi connectivity index (χ0n) is 10.0. The molecular weight excluding hydrogens is 196 g/mol. The highest BCUT2D eigenvalue weighted by molar-refractivity contribution is 5.38. The number of allylic oxidation sites excluding steroid dienone is 1. The Morgan fingerprint density at radius 2 is 2.12 bits per heavy atom. The second kappa shape index (κ2) is 5.20. The number of benzene rings is 1. The maximum atomic E-state index is 6.07. The summed E-state index contributed by atoms with van der Waals surface area (Å²) >= 11 is 0. The SMILES string of the molecule is C=CCc1cc(C)ccc1OC1CCCC1. The minimum absolute atomic E-state index is 0.436. The van der Waals surface area contributed by atoms with Crippen LogP contribution in [0, 0.1) is 6.92 Å². The Morgan fingerprint density at radius 3 is 2.81 bits per heavy atom. The summed E-state index contributed by atoms with van der Waals surface area (Å²) in [7, 11) is 0. The predicted octanol–water partition coefficient (Wildman–Crippen LogP) is 4.04. The number of hydrogen-bond acceptors (Lipinski definition) is 1. The lowest BCUT2D eigenvalue weighted by Crippen LogP contribution is -2.12. The summed E-state index contributed by atoms with van der Waals surface area (Å²) in [5.74, 6) is 1.05. The molecule has 1 aromatic carbocycles. The Kier molecular flexibility index (Phi) is 3.66. The molecule has 0 radical (unpaired) electrons. The second-order valence-corrected chi connectivity index (χ2v) is 4.63. The van der Waals surface area contributed by atoms with Gasteiger partial charge >= 0.3 is 0 Å². The van der Waals surface area contributed by atoms with Gasteiger partial charge in [-0.05, 0) is 50.7 Å². The van der Waals surface area contributed by atoms with Gasteiger partial charge in [0.1, 0.15) is 5.75 Å². The van der Waals surface area contributed by atoms with E-state index in [1.807, 2.05) is 6.08 Å². The van der Waals surface area contributed by atoms with E-state index in [1.165, 1.54) is 36.8 Å². The Morgan fingerprint density at radius 1 is 1.38 bits per heavy atom. The maximum Gasteiger partial charge on any atom is 0.123 e. The lowest BCUT2D eigenvalue weighted by atomic mass is 10.1. The Labute approximate surface area is 98.1 Å². The van der Waals surface area contributed by atoms with Crippen LogP contribution in [0.1, 0.15) is 36.8 Å². The first-order valence-electron chi connectivity index (χ1n) is 6.16. The van der Waals surface area contributed by atoms with Crippen molar-refractivity contribution in [3.63, 3.8) is 0 Å². The van der Waals surface area contributed by atoms with Crippen molar-refractivity contribution in [2.45, 2.75) is 45.1 Å². The summed E-state index contributed by atoms with van der Waals surface area (Å²) in [6.07, 6.45) is 8.31. The van der Waals surface area contributed by atoms with Crippen LogP contribution < -0.4 is 4.74 Å². The van der Waals surface area contributed by atoms with Gasteiger partial charge in [-0.2, -0.15) is 0 Å². The number of aryl methyl sites for hydroxylation is 1. The van der Waals surface area contributed by atoms with Crippen molar-refractivity contribution < 1.29 is 4.74 Å². The molecule has 1 nitrogen and oxygen atoms in total. The summed E-state index contributed by atoms with van der Waals surface area (Å²) < 4.78 is 6.07. The molecule has 1 saturated carbocycles. The maximum absolute atomic E-state index is 6.07. The summed E-state index contributed by atoms with van der Waals surface area (Å²) in [4.78, 5) is 0. The predicted molar refractivity (Wildman–Crippen MR) is 68.0 cm³/mol. The molecule has 0 aliphatic heterocycles. The third-order valence-electron chi connectivity index (χ3n) is 3.18. The number of hydrogen-bond donors (Lipinski definition) is 0. The summed E-state index contributed by atoms with van der Waals surface area (Å²) in [6, 6.07) is 6.43. The first-order chi connectivity index (χ1) is 7.79. The van der Waals surface area contributed by atoms with E-state index in [1.54, 1.807) is 0 Å². The molecule has 0 amide bonds. The van der Waals surface area contributed by atoms with Gasteiger partial charge in [0, 0.05) is 0 Å². The van der Waals surface area contributed by atoms with Crippen LogP contribution in [-0.4, -0.2) is 6.10 Å². The lowest BCUT2D eigenvalue weighted by Gasteiger charge is -2.16. The fourth-order valence-electron chi connectivity index (χ4n) is 2.32. The fraction of sp³-hybridized carbons (Fsp3) is 0.467. The van der Waals surface area contributed by atoms with Crippen LogP contribution >= 0.6 is 0 Å². The first kappa shape index (κ1) is 11.3. The highest BCUT2D eigenvalue weighted by Gasteiger charge is 2.17. The van der Waals surface area contributed by atoms with Gasteiger partial charge in [-0.15, -0.1) is 6.58 Å². The van der Waals surface area contributed by atoms with Crippen LogP contribution in [0.15, 0.2) is 30.9 Å². The van der Waals surface area contributed by atoms with Crippen molar-refractivity contribution in [1.82, 2.24) is 0 Å². The van der Waals surface area contributed by atoms with Crippen LogP contribution in [0.3, 0.4) is 0 Å². The minimum atomic E-state index is 0.436. The molecule has 1 fully saturated rings. The Bertz CT molecular complexity index is 362. The van der Waals surface area contributed by atoms with Gasteiger partial charge in [0.05, 0.1) is 6.10 Å². The van der Waals surface area contributed by atoms with Gasteiger partial charge in [-0.3, -0.25) is 0 Å². The van der Waals surface area contributed by atoms with Gasteiger partial charge in [-0.1, -0.05) is 23.8 Å². The third kappa shape index (κ3) is 2.66. The van der Waals surface area contributed by atoms with E-state index in [-0.39, 0.29) is 0 Å². The van der Waals surface area contributed by atoms with E-state index in [0.29, 0.717) is 6.10 Å². The van der Waals surface area contributed by atoms with E-state index >= 15 is 0 Å². The first-order valence-corrected chi connectivity index (χ1v) is 6.16. The number of rotatable bonds is 4. The van der Waals surface area contributed by atoms with Crippen molar-refractivity contribution >= 4 is 0 Å². The van der Waals surface area contributed by atoms with Gasteiger partial charge in [-0.25, -0.2) is 0 Å². The van der Waals surface area contributed by atoms with Crippen LogP contribution in [0.4, 0.5) is 0 Å². The molecule has 0 bridgehead atoms. The molecular formula is C15H20O. The standard InChI is InChI=1S/C15H20O/c1-3-6-13-11-12(2)9-10-15(13)16-14-7-4-5-8-14/h3,9-11,14H,1,4-8H2,2H3. The molecule has 86 valence electrons. The van der Waals surface area contributed by atoms with Crippen LogP contribution in [0.2, 0.25) is 0 Å². The molecule has 1 aliphatic carbocycles. The quantitative estimate of drug-likeness (QED) is 0.690. The molecule has 0 heterocycles. The summed E-state index contributed by atoms with van der Waals surface area (Å²) in [6.45, 7) is 5.92. The number of ether oxygens (including phenoxy) is 1. The summed E-state index contributed by atoms with van der Waals surface area (Å²) in [5, 5.41) is 0. The van der Waals surface area contributed by atoms with Crippen LogP contribution in [0.25, 0.3) is 0 Å². The molecule has 2 rings (SSSR count). The molecule has 0 aromatic heterocycles. The fourth-order valence-corrected chi connectivity index (χ4v) is 2.32. The van der Waals surface area contributed by atoms with Crippen molar-refractivity contribution in [1.29, 1.82) is 0 Å². The van der Waals surface area contributed by atoms with Crippen molar-refractivity contribution in [2.24, 2.45) is 0 Å². The van der Waals surface area contributed by atoms with Gasteiger partial charge in [0.15, 0.2) is 0 Å². The molecule has 0 N–H and O–H groups in total. The van der Waals surface area contributed by atoms with E-state index in [4.69, 9.17) is 4.74 Å². The van der Waals surface area contributed by atoms with Crippen LogP contribution in [0.5, 0.6) is 5.75 Å². The molecule has 0 unspecified atom stereocenters. The Balaban J connectivity index is 2.14. The normalized spacial score (nSPS) is 16.3. The molecule has 1 aliphatic rings. The monoisotopic (exact) mass is 216 g/mol. The molecule has 1 heteroatoms. The zero-order valence-corrected chi connectivity index (χ0v) is 10.0. The topological polar surface area (TPSA) is 9.23 Å². The minimum Gasteiger partial charge on any atom is -0.490 e. The molecule has 0 saturated heterocycles. The van der Waals surface area contributed by atoms with E-state index in [9.17, 15) is 0 Å². The van der Waals surface area contributed by atoms with E-state index in [0.717, 1.165) is 12.2 Å². The third-order valence-corrected chi connectivity index (χ3v) is 3.18. The molecule has 16 heavy (non-hydrogen) atoms. The molecule has 0 atom stereocenters. The van der Waals surface area contributed by atoms with E-state index < -0.39 is 0 Å². The van der Waals surface area contributed by atoms with Gasteiger partial charge < -0.3 is 4.74 Å². The van der Waals surface area contributed by atoms with E-state index in [2.05, 4.69) is 31.7 Å². The van der Waals surface area contributed by atoms with Crippen molar-refractivity contribution in [3.05, 3.63) is 42.0 Å². The average Bonchev–Trinajstić information content (AvgIpc) is 2.75. The van der Waals surface area contributed by atoms with Crippen molar-refractivity contribution in [2.75, 3.05) is 0 Å². The highest BCUT2D eigenvalue weighted by atomic mass is 16.5.